The van der Waals surface area contributed by atoms with Crippen LogP contribution in [0.5, 0.6) is 11.7 Å². The normalized spacial score (nSPS) is 15.1. The van der Waals surface area contributed by atoms with Gasteiger partial charge in [0.25, 0.3) is 11.9 Å². The summed E-state index contributed by atoms with van der Waals surface area (Å²) in [7, 11) is 0. The highest BCUT2D eigenvalue weighted by Crippen LogP contribution is 2.30. The van der Waals surface area contributed by atoms with Gasteiger partial charge in [-0.2, -0.15) is 0 Å². The molecule has 110 valence electrons. The number of rotatable bonds is 4. The molecule has 1 fully saturated rings. The van der Waals surface area contributed by atoms with Gasteiger partial charge in [-0.05, 0) is 31.0 Å². The fourth-order valence-corrected chi connectivity index (χ4v) is 2.63. The molecule has 0 unspecified atom stereocenters. The minimum atomic E-state index is -0.198. The standard InChI is InChI=1S/C16H16ClNO3/c17-12-7-3-4-8-13(12)20-15-10-9-14(21-15)16(19)18-11-5-1-2-6-11/h3-4,7-11H,1-2,5-6H2,(H,18,19). The van der Waals surface area contributed by atoms with Crippen LogP contribution in [-0.4, -0.2) is 11.9 Å². The monoisotopic (exact) mass is 305 g/mol. The third-order valence-electron chi connectivity index (χ3n) is 3.54. The highest BCUT2D eigenvalue weighted by atomic mass is 35.5. The molecule has 3 rings (SSSR count). The molecule has 1 heterocycles. The molecule has 1 amide bonds. The van der Waals surface area contributed by atoms with Crippen LogP contribution in [0, 0.1) is 0 Å². The lowest BCUT2D eigenvalue weighted by Crippen LogP contribution is -2.32. The fraction of sp³-hybridized carbons (Fsp3) is 0.312. The first-order valence-corrected chi connectivity index (χ1v) is 7.43. The molecule has 0 atom stereocenters. The van der Waals surface area contributed by atoms with Gasteiger partial charge in [-0.1, -0.05) is 36.6 Å². The van der Waals surface area contributed by atoms with E-state index in [4.69, 9.17) is 20.8 Å². The van der Waals surface area contributed by atoms with E-state index in [1.165, 1.54) is 12.8 Å². The number of nitrogens with one attached hydrogen (secondary N) is 1. The number of hydrogen-bond donors (Lipinski definition) is 1. The zero-order valence-corrected chi connectivity index (χ0v) is 12.2. The van der Waals surface area contributed by atoms with E-state index < -0.39 is 0 Å². The van der Waals surface area contributed by atoms with Gasteiger partial charge >= 0.3 is 0 Å². The van der Waals surface area contributed by atoms with Crippen molar-refractivity contribution in [3.8, 4) is 11.7 Å². The van der Waals surface area contributed by atoms with E-state index in [1.54, 1.807) is 24.3 Å². The van der Waals surface area contributed by atoms with E-state index in [-0.39, 0.29) is 23.7 Å². The largest absolute Gasteiger partial charge is 0.424 e. The van der Waals surface area contributed by atoms with Gasteiger partial charge in [0.05, 0.1) is 5.02 Å². The molecule has 0 aliphatic heterocycles. The van der Waals surface area contributed by atoms with Crippen LogP contribution >= 0.6 is 11.6 Å². The predicted octanol–water partition coefficient (Wildman–Crippen LogP) is 4.40. The smallest absolute Gasteiger partial charge is 0.290 e. The number of hydrogen-bond acceptors (Lipinski definition) is 3. The van der Waals surface area contributed by atoms with Gasteiger partial charge in [-0.15, -0.1) is 0 Å². The van der Waals surface area contributed by atoms with Crippen molar-refractivity contribution in [2.24, 2.45) is 0 Å². The molecule has 2 aromatic rings. The molecule has 1 aromatic heterocycles. The Balaban J connectivity index is 1.65. The Morgan fingerprint density at radius 2 is 1.95 bits per heavy atom. The Bertz CT molecular complexity index is 632. The Morgan fingerprint density at radius 3 is 2.71 bits per heavy atom. The first-order chi connectivity index (χ1) is 10.2. The molecule has 0 spiro atoms. The van der Waals surface area contributed by atoms with Gasteiger partial charge in [0.2, 0.25) is 0 Å². The predicted molar refractivity (Wildman–Crippen MR) is 80.0 cm³/mol. The molecule has 1 aliphatic rings. The van der Waals surface area contributed by atoms with Crippen LogP contribution < -0.4 is 10.1 Å². The van der Waals surface area contributed by atoms with E-state index in [9.17, 15) is 4.79 Å². The van der Waals surface area contributed by atoms with Gasteiger partial charge < -0.3 is 14.5 Å². The minimum Gasteiger partial charge on any atom is -0.424 e. The highest BCUT2D eigenvalue weighted by molar-refractivity contribution is 6.32. The second-order valence-electron chi connectivity index (χ2n) is 5.11. The summed E-state index contributed by atoms with van der Waals surface area (Å²) in [5.41, 5.74) is 0. The second kappa shape index (κ2) is 6.22. The highest BCUT2D eigenvalue weighted by Gasteiger charge is 2.20. The van der Waals surface area contributed by atoms with E-state index in [1.807, 2.05) is 12.1 Å². The lowest BCUT2D eigenvalue weighted by Gasteiger charge is -2.09. The molecule has 0 bridgehead atoms. The number of carbonyl (C=O) groups excluding carboxylic acids is 1. The van der Waals surface area contributed by atoms with Gasteiger partial charge in [-0.25, -0.2) is 0 Å². The number of benzene rings is 1. The first kappa shape index (κ1) is 14.0. The number of ether oxygens (including phenoxy) is 1. The molecule has 1 saturated carbocycles. The topological polar surface area (TPSA) is 51.5 Å². The van der Waals surface area contributed by atoms with Crippen LogP contribution in [0.3, 0.4) is 0 Å². The maximum absolute atomic E-state index is 12.0. The van der Waals surface area contributed by atoms with E-state index in [2.05, 4.69) is 5.32 Å². The lowest BCUT2D eigenvalue weighted by molar-refractivity contribution is 0.0905. The van der Waals surface area contributed by atoms with Gasteiger partial charge in [0, 0.05) is 12.1 Å². The molecule has 5 heteroatoms. The van der Waals surface area contributed by atoms with Crippen LogP contribution in [0.2, 0.25) is 5.02 Å². The van der Waals surface area contributed by atoms with Crippen LogP contribution in [0.15, 0.2) is 40.8 Å². The SMILES string of the molecule is O=C(NC1CCCC1)c1ccc(Oc2ccccc2Cl)o1. The summed E-state index contributed by atoms with van der Waals surface area (Å²) in [4.78, 5) is 12.0. The van der Waals surface area contributed by atoms with Gasteiger partial charge in [0.15, 0.2) is 5.76 Å². The van der Waals surface area contributed by atoms with Crippen molar-refractivity contribution in [2.45, 2.75) is 31.7 Å². The van der Waals surface area contributed by atoms with Crippen molar-refractivity contribution < 1.29 is 13.9 Å². The zero-order valence-electron chi connectivity index (χ0n) is 11.5. The number of halogens is 1. The average Bonchev–Trinajstić information content (AvgIpc) is 3.13. The lowest BCUT2D eigenvalue weighted by atomic mass is 10.2. The Morgan fingerprint density at radius 1 is 1.19 bits per heavy atom. The van der Waals surface area contributed by atoms with Crippen LogP contribution in [0.1, 0.15) is 36.2 Å². The summed E-state index contributed by atoms with van der Waals surface area (Å²) in [5, 5.41) is 3.46. The third-order valence-corrected chi connectivity index (χ3v) is 3.85. The van der Waals surface area contributed by atoms with E-state index >= 15 is 0 Å². The van der Waals surface area contributed by atoms with E-state index in [0.717, 1.165) is 12.8 Å². The summed E-state index contributed by atoms with van der Waals surface area (Å²) in [6.45, 7) is 0. The van der Waals surface area contributed by atoms with Crippen LogP contribution in [0.25, 0.3) is 0 Å². The third kappa shape index (κ3) is 3.39. The summed E-state index contributed by atoms with van der Waals surface area (Å²) in [6, 6.07) is 10.6. The minimum absolute atomic E-state index is 0.198. The molecule has 21 heavy (non-hydrogen) atoms. The van der Waals surface area contributed by atoms with Gasteiger partial charge in [0.1, 0.15) is 5.75 Å². The van der Waals surface area contributed by atoms with Crippen molar-refractivity contribution in [3.63, 3.8) is 0 Å². The first-order valence-electron chi connectivity index (χ1n) is 7.05. The molecule has 1 N–H and O–H groups in total. The zero-order chi connectivity index (χ0) is 14.7. The summed E-state index contributed by atoms with van der Waals surface area (Å²) < 4.78 is 11.0. The summed E-state index contributed by atoms with van der Waals surface area (Å²) in [6.07, 6.45) is 4.42. The van der Waals surface area contributed by atoms with Crippen molar-refractivity contribution in [1.82, 2.24) is 5.32 Å². The van der Waals surface area contributed by atoms with Crippen LogP contribution in [-0.2, 0) is 0 Å². The maximum Gasteiger partial charge on any atom is 0.290 e. The summed E-state index contributed by atoms with van der Waals surface area (Å²) >= 11 is 6.01. The average molecular weight is 306 g/mol. The van der Waals surface area contributed by atoms with Crippen molar-refractivity contribution in [1.29, 1.82) is 0 Å². The second-order valence-corrected chi connectivity index (χ2v) is 5.51. The Labute approximate surface area is 128 Å². The molecular formula is C16H16ClNO3. The molecule has 4 nitrogen and oxygen atoms in total. The number of furan rings is 1. The molecular weight excluding hydrogens is 290 g/mol. The summed E-state index contributed by atoms with van der Waals surface area (Å²) in [5.74, 6) is 0.802. The molecule has 1 aliphatic carbocycles. The van der Waals surface area contributed by atoms with Crippen LogP contribution in [0.4, 0.5) is 0 Å². The number of amides is 1. The van der Waals surface area contributed by atoms with Gasteiger partial charge in [-0.3, -0.25) is 4.79 Å². The Hall–Kier alpha value is -1.94. The molecule has 0 radical (unpaired) electrons. The molecule has 0 saturated heterocycles. The Kier molecular flexibility index (Phi) is 4.15. The number of carbonyl (C=O) groups is 1. The van der Waals surface area contributed by atoms with E-state index in [0.29, 0.717) is 10.8 Å². The van der Waals surface area contributed by atoms with Crippen molar-refractivity contribution >= 4 is 17.5 Å². The molecule has 1 aromatic carbocycles. The van der Waals surface area contributed by atoms with Crippen molar-refractivity contribution in [3.05, 3.63) is 47.2 Å². The van der Waals surface area contributed by atoms with Crippen molar-refractivity contribution in [2.75, 3.05) is 0 Å². The fourth-order valence-electron chi connectivity index (χ4n) is 2.46. The quantitative estimate of drug-likeness (QED) is 0.911. The maximum atomic E-state index is 12.0. The number of para-hydroxylation sites is 1.